The highest BCUT2D eigenvalue weighted by molar-refractivity contribution is 5.71. The molecule has 1 aliphatic rings. The van der Waals surface area contributed by atoms with Gasteiger partial charge in [-0.05, 0) is 6.07 Å². The molecule has 8 nitrogen and oxygen atoms in total. The molecule has 2 rings (SSSR count). The van der Waals surface area contributed by atoms with Crippen LogP contribution in [0.2, 0.25) is 0 Å². The van der Waals surface area contributed by atoms with Gasteiger partial charge < -0.3 is 19.2 Å². The van der Waals surface area contributed by atoms with Gasteiger partial charge >= 0.3 is 5.69 Å². The van der Waals surface area contributed by atoms with E-state index in [2.05, 4.69) is 9.80 Å². The van der Waals surface area contributed by atoms with Gasteiger partial charge in [-0.15, -0.1) is 0 Å². The molecule has 120 valence electrons. The zero-order valence-corrected chi connectivity index (χ0v) is 12.7. The minimum Gasteiger partial charge on any atom is -0.491 e. The highest BCUT2D eigenvalue weighted by Gasteiger charge is 2.27. The van der Waals surface area contributed by atoms with Crippen LogP contribution in [0.4, 0.5) is 11.4 Å². The first-order valence-electron chi connectivity index (χ1n) is 6.92. The van der Waals surface area contributed by atoms with Crippen LogP contribution in [0.15, 0.2) is 12.1 Å². The van der Waals surface area contributed by atoms with Crippen LogP contribution in [0.5, 0.6) is 11.5 Å². The van der Waals surface area contributed by atoms with Gasteiger partial charge in [-0.2, -0.15) is 0 Å². The van der Waals surface area contributed by atoms with Gasteiger partial charge in [0.15, 0.2) is 5.75 Å². The van der Waals surface area contributed by atoms with Crippen molar-refractivity contribution in [2.24, 2.45) is 0 Å². The number of hydrogen-bond donors (Lipinski definition) is 0. The van der Waals surface area contributed by atoms with Crippen molar-refractivity contribution in [3.8, 4) is 11.5 Å². The molecule has 1 aliphatic heterocycles. The van der Waals surface area contributed by atoms with Crippen molar-refractivity contribution in [1.29, 1.82) is 0 Å². The third-order valence-corrected chi connectivity index (χ3v) is 3.72. The van der Waals surface area contributed by atoms with Crippen molar-refractivity contribution >= 4 is 17.7 Å². The zero-order chi connectivity index (χ0) is 16.1. The maximum Gasteiger partial charge on any atom is 0.315 e. The van der Waals surface area contributed by atoms with Gasteiger partial charge in [0.1, 0.15) is 6.29 Å². The number of nitro groups is 1. The summed E-state index contributed by atoms with van der Waals surface area (Å²) in [6, 6.07) is 3.10. The van der Waals surface area contributed by atoms with Crippen LogP contribution in [0.1, 0.15) is 0 Å². The predicted octanol–water partition coefficient (Wildman–Crippen LogP) is 0.933. The van der Waals surface area contributed by atoms with Gasteiger partial charge in [0.2, 0.25) is 5.75 Å². The first kappa shape index (κ1) is 16.0. The first-order chi connectivity index (χ1) is 10.6. The number of hydrogen-bond acceptors (Lipinski definition) is 7. The van der Waals surface area contributed by atoms with Crippen LogP contribution in [-0.4, -0.2) is 63.1 Å². The largest absolute Gasteiger partial charge is 0.491 e. The number of nitrogens with zero attached hydrogens (tertiary/aromatic N) is 3. The minimum absolute atomic E-state index is 0.123. The minimum atomic E-state index is -0.493. The molecule has 1 fully saturated rings. The highest BCUT2D eigenvalue weighted by Crippen LogP contribution is 2.44. The lowest BCUT2D eigenvalue weighted by Crippen LogP contribution is -2.47. The number of methoxy groups -OCH3 is 2. The fraction of sp³-hybridized carbons (Fsp3) is 0.500. The Bertz CT molecular complexity index is 556. The second kappa shape index (κ2) is 7.08. The second-order valence-electron chi connectivity index (χ2n) is 4.88. The molecule has 0 atom stereocenters. The topological polar surface area (TPSA) is 85.2 Å². The summed E-state index contributed by atoms with van der Waals surface area (Å²) in [6.45, 7) is 3.35. The molecule has 1 aromatic rings. The number of piperazine rings is 1. The maximum atomic E-state index is 11.1. The van der Waals surface area contributed by atoms with Crippen molar-refractivity contribution in [2.75, 3.05) is 51.8 Å². The molecule has 0 bridgehead atoms. The van der Waals surface area contributed by atoms with Crippen molar-refractivity contribution in [3.05, 3.63) is 22.2 Å². The van der Waals surface area contributed by atoms with Gasteiger partial charge in [-0.3, -0.25) is 15.0 Å². The fourth-order valence-corrected chi connectivity index (χ4v) is 2.61. The van der Waals surface area contributed by atoms with E-state index in [1.165, 1.54) is 20.3 Å². The Balaban J connectivity index is 2.28. The van der Waals surface area contributed by atoms with Crippen LogP contribution < -0.4 is 14.4 Å². The number of anilines is 1. The molecule has 0 amide bonds. The number of aldehydes is 1. The zero-order valence-electron chi connectivity index (χ0n) is 12.7. The van der Waals surface area contributed by atoms with Crippen molar-refractivity contribution < 1.29 is 19.2 Å². The Morgan fingerprint density at radius 1 is 1.18 bits per heavy atom. The number of rotatable bonds is 6. The van der Waals surface area contributed by atoms with Gasteiger partial charge in [0.05, 0.1) is 31.4 Å². The normalized spacial score (nSPS) is 15.5. The van der Waals surface area contributed by atoms with Crippen LogP contribution in [0.25, 0.3) is 0 Å². The molecular weight excluding hydrogens is 290 g/mol. The number of carbonyl (C=O) groups is 1. The summed E-state index contributed by atoms with van der Waals surface area (Å²) in [5.74, 6) is 0.487. The first-order valence-corrected chi connectivity index (χ1v) is 6.92. The molecule has 0 unspecified atom stereocenters. The summed E-state index contributed by atoms with van der Waals surface area (Å²) in [7, 11) is 2.85. The molecular formula is C14H19N3O5. The average Bonchev–Trinajstić information content (AvgIpc) is 2.54. The molecule has 0 aliphatic carbocycles. The molecule has 1 saturated heterocycles. The van der Waals surface area contributed by atoms with E-state index in [1.54, 1.807) is 6.07 Å². The molecule has 0 aromatic heterocycles. The summed E-state index contributed by atoms with van der Waals surface area (Å²) >= 11 is 0. The summed E-state index contributed by atoms with van der Waals surface area (Å²) < 4.78 is 10.5. The Kier molecular flexibility index (Phi) is 5.16. The van der Waals surface area contributed by atoms with Gasteiger partial charge in [0, 0.05) is 32.2 Å². The van der Waals surface area contributed by atoms with Crippen LogP contribution in [0, 0.1) is 10.1 Å². The lowest BCUT2D eigenvalue weighted by Gasteiger charge is -2.35. The third-order valence-electron chi connectivity index (χ3n) is 3.72. The van der Waals surface area contributed by atoms with Crippen molar-refractivity contribution in [3.63, 3.8) is 0 Å². The number of ether oxygens (including phenoxy) is 2. The van der Waals surface area contributed by atoms with E-state index < -0.39 is 4.92 Å². The number of benzene rings is 1. The molecule has 0 radical (unpaired) electrons. The van der Waals surface area contributed by atoms with Gasteiger partial charge in [0.25, 0.3) is 0 Å². The van der Waals surface area contributed by atoms with Crippen molar-refractivity contribution in [1.82, 2.24) is 4.90 Å². The lowest BCUT2D eigenvalue weighted by molar-refractivity contribution is -0.385. The molecule has 0 saturated carbocycles. The van der Waals surface area contributed by atoms with E-state index in [-0.39, 0.29) is 11.4 Å². The standard InChI is InChI=1S/C14H19N3O5/c1-21-13-11(3-4-12(17(19)20)14(13)22-2)16-7-5-15(6-8-16)9-10-18/h3-4,10H,5-9H2,1-2H3. The van der Waals surface area contributed by atoms with Gasteiger partial charge in [-0.1, -0.05) is 0 Å². The van der Waals surface area contributed by atoms with Crippen LogP contribution in [-0.2, 0) is 4.79 Å². The van der Waals surface area contributed by atoms with Crippen LogP contribution in [0.3, 0.4) is 0 Å². The average molecular weight is 309 g/mol. The number of carbonyl (C=O) groups excluding carboxylic acids is 1. The van der Waals surface area contributed by atoms with E-state index in [1.807, 2.05) is 0 Å². The third kappa shape index (κ3) is 3.11. The predicted molar refractivity (Wildman–Crippen MR) is 80.9 cm³/mol. The van der Waals surface area contributed by atoms with Gasteiger partial charge in [-0.25, -0.2) is 0 Å². The van der Waals surface area contributed by atoms with E-state index in [4.69, 9.17) is 9.47 Å². The Hall–Kier alpha value is -2.35. The quantitative estimate of drug-likeness (QED) is 0.439. The van der Waals surface area contributed by atoms with E-state index in [0.717, 1.165) is 25.1 Å². The Labute approximate surface area is 128 Å². The van der Waals surface area contributed by atoms with Crippen LogP contribution >= 0.6 is 0 Å². The van der Waals surface area contributed by atoms with E-state index in [0.29, 0.717) is 25.4 Å². The molecule has 0 N–H and O–H groups in total. The Morgan fingerprint density at radius 3 is 2.32 bits per heavy atom. The summed E-state index contributed by atoms with van der Waals surface area (Å²) in [6.07, 6.45) is 0.894. The van der Waals surface area contributed by atoms with E-state index >= 15 is 0 Å². The van der Waals surface area contributed by atoms with E-state index in [9.17, 15) is 14.9 Å². The molecule has 0 spiro atoms. The highest BCUT2D eigenvalue weighted by atomic mass is 16.6. The van der Waals surface area contributed by atoms with Crippen molar-refractivity contribution in [2.45, 2.75) is 0 Å². The monoisotopic (exact) mass is 309 g/mol. The second-order valence-corrected chi connectivity index (χ2v) is 4.88. The SMILES string of the molecule is COc1c(N2CCN(CC=O)CC2)ccc([N+](=O)[O-])c1OC. The summed E-state index contributed by atoms with van der Waals surface area (Å²) in [4.78, 5) is 25.3. The molecule has 1 heterocycles. The summed E-state index contributed by atoms with van der Waals surface area (Å²) in [5.41, 5.74) is 0.637. The number of nitro benzene ring substituents is 1. The molecule has 22 heavy (non-hydrogen) atoms. The Morgan fingerprint density at radius 2 is 1.82 bits per heavy atom. The lowest BCUT2D eigenvalue weighted by atomic mass is 10.2. The maximum absolute atomic E-state index is 11.1. The molecule has 1 aromatic carbocycles. The summed E-state index contributed by atoms with van der Waals surface area (Å²) in [5, 5.41) is 11.1. The smallest absolute Gasteiger partial charge is 0.315 e. The fourth-order valence-electron chi connectivity index (χ4n) is 2.61. The molecule has 8 heteroatoms.